The van der Waals surface area contributed by atoms with Gasteiger partial charge in [0.05, 0.1) is 5.52 Å². The van der Waals surface area contributed by atoms with Gasteiger partial charge >= 0.3 is 0 Å². The number of aryl methyl sites for hydroxylation is 3. The molecule has 0 amide bonds. The van der Waals surface area contributed by atoms with Gasteiger partial charge in [0.1, 0.15) is 0 Å². The van der Waals surface area contributed by atoms with E-state index in [9.17, 15) is 0 Å². The summed E-state index contributed by atoms with van der Waals surface area (Å²) < 4.78 is 0. The average Bonchev–Trinajstić information content (AvgIpc) is 2.99. The minimum atomic E-state index is 0. The monoisotopic (exact) mass is 397 g/mol. The van der Waals surface area contributed by atoms with Crippen LogP contribution in [-0.2, 0) is 12.8 Å². The van der Waals surface area contributed by atoms with Crippen LogP contribution in [0.4, 0.5) is 5.82 Å². The van der Waals surface area contributed by atoms with Gasteiger partial charge in [-0.2, -0.15) is 0 Å². The van der Waals surface area contributed by atoms with Crippen molar-refractivity contribution in [3.05, 3.63) is 58.9 Å². The molecule has 0 spiro atoms. The second-order valence-corrected chi connectivity index (χ2v) is 8.10. The number of hydrogen-bond acceptors (Lipinski definition) is 2. The summed E-state index contributed by atoms with van der Waals surface area (Å²) in [6.45, 7) is 8.86. The van der Waals surface area contributed by atoms with Crippen LogP contribution in [0.3, 0.4) is 0 Å². The number of pyridine rings is 1. The van der Waals surface area contributed by atoms with Gasteiger partial charge in [0.15, 0.2) is 5.82 Å². The molecule has 0 saturated carbocycles. The first-order chi connectivity index (χ1) is 13.2. The quantitative estimate of drug-likeness (QED) is 0.571. The molecule has 1 saturated heterocycles. The molecule has 0 aliphatic carbocycles. The second-order valence-electron chi connectivity index (χ2n) is 8.10. The molecule has 4 rings (SSSR count). The molecule has 1 aromatic carbocycles. The molecule has 2 aromatic heterocycles. The first-order valence-corrected chi connectivity index (χ1v) is 10.4. The summed E-state index contributed by atoms with van der Waals surface area (Å²) in [7, 11) is 0. The second kappa shape index (κ2) is 9.00. The fraction of sp³-hybridized carbons (Fsp3) is 0.458. The van der Waals surface area contributed by atoms with Gasteiger partial charge in [-0.3, -0.25) is 0 Å². The van der Waals surface area contributed by atoms with Crippen molar-refractivity contribution in [1.82, 2.24) is 9.97 Å². The fourth-order valence-electron chi connectivity index (χ4n) is 4.55. The van der Waals surface area contributed by atoms with Gasteiger partial charge in [-0.05, 0) is 62.1 Å². The van der Waals surface area contributed by atoms with Crippen molar-refractivity contribution >= 4 is 29.1 Å². The molecule has 3 aromatic rings. The van der Waals surface area contributed by atoms with Crippen LogP contribution in [0.25, 0.3) is 10.9 Å². The summed E-state index contributed by atoms with van der Waals surface area (Å²) in [6, 6.07) is 10.9. The Kier molecular flexibility index (Phi) is 6.66. The molecule has 150 valence electrons. The smallest absolute Gasteiger partial charge is 0.152 e. The number of nitrogens with one attached hydrogen (secondary N) is 1. The van der Waals surface area contributed by atoms with E-state index in [1.165, 1.54) is 52.5 Å². The van der Waals surface area contributed by atoms with Crippen LogP contribution in [0.2, 0.25) is 0 Å². The van der Waals surface area contributed by atoms with Crippen LogP contribution in [0.1, 0.15) is 48.6 Å². The maximum absolute atomic E-state index is 4.91. The topological polar surface area (TPSA) is 31.9 Å². The molecule has 1 N–H and O–H groups in total. The number of aromatic nitrogens is 2. The van der Waals surface area contributed by atoms with Crippen molar-refractivity contribution in [2.75, 3.05) is 18.0 Å². The molecule has 1 fully saturated rings. The lowest BCUT2D eigenvalue weighted by atomic mass is 9.90. The standard InChI is InChI=1S/C24H31N3.ClH/c1-4-8-21-16-25-24(23-22(21)17(2)18(3)26-23)27-13-11-20(12-14-27)15-19-9-6-5-7-10-19;/h5-7,9-10,16,20,26H,4,8,11-15H2,1-3H3;1H. The minimum Gasteiger partial charge on any atom is -0.355 e. The van der Waals surface area contributed by atoms with Crippen LogP contribution in [0.5, 0.6) is 0 Å². The van der Waals surface area contributed by atoms with E-state index >= 15 is 0 Å². The Morgan fingerprint density at radius 2 is 1.82 bits per heavy atom. The molecule has 0 unspecified atom stereocenters. The largest absolute Gasteiger partial charge is 0.355 e. The zero-order chi connectivity index (χ0) is 18.8. The number of aromatic amines is 1. The molecule has 1 aliphatic rings. The predicted octanol–water partition coefficient (Wildman–Crippen LogP) is 6.01. The van der Waals surface area contributed by atoms with Gasteiger partial charge in [-0.15, -0.1) is 12.4 Å². The van der Waals surface area contributed by atoms with E-state index in [1.54, 1.807) is 0 Å². The summed E-state index contributed by atoms with van der Waals surface area (Å²) in [5.41, 5.74) is 6.76. The predicted molar refractivity (Wildman–Crippen MR) is 122 cm³/mol. The maximum atomic E-state index is 4.91. The summed E-state index contributed by atoms with van der Waals surface area (Å²) in [4.78, 5) is 11.0. The van der Waals surface area contributed by atoms with Gasteiger partial charge in [0.2, 0.25) is 0 Å². The Labute approximate surface area is 175 Å². The number of nitrogens with zero attached hydrogens (tertiary/aromatic N) is 2. The van der Waals surface area contributed by atoms with Gasteiger partial charge < -0.3 is 9.88 Å². The number of fused-ring (bicyclic) bond motifs is 1. The van der Waals surface area contributed by atoms with Crippen molar-refractivity contribution in [3.63, 3.8) is 0 Å². The highest BCUT2D eigenvalue weighted by Crippen LogP contribution is 2.34. The lowest BCUT2D eigenvalue weighted by Crippen LogP contribution is -2.35. The van der Waals surface area contributed by atoms with Crippen molar-refractivity contribution < 1.29 is 0 Å². The van der Waals surface area contributed by atoms with Crippen LogP contribution < -0.4 is 4.90 Å². The number of benzene rings is 1. The maximum Gasteiger partial charge on any atom is 0.152 e. The molecule has 1 aliphatic heterocycles. The Morgan fingerprint density at radius 3 is 2.50 bits per heavy atom. The molecular weight excluding hydrogens is 366 g/mol. The van der Waals surface area contributed by atoms with Crippen LogP contribution in [-0.4, -0.2) is 23.1 Å². The first-order valence-electron chi connectivity index (χ1n) is 10.4. The van der Waals surface area contributed by atoms with Crippen molar-refractivity contribution in [3.8, 4) is 0 Å². The Bertz CT molecular complexity index is 908. The van der Waals surface area contributed by atoms with E-state index in [1.807, 2.05) is 0 Å². The van der Waals surface area contributed by atoms with E-state index in [2.05, 4.69) is 67.2 Å². The minimum absolute atomic E-state index is 0. The zero-order valence-electron chi connectivity index (χ0n) is 17.3. The normalized spacial score (nSPS) is 15.0. The van der Waals surface area contributed by atoms with Crippen molar-refractivity contribution in [1.29, 1.82) is 0 Å². The van der Waals surface area contributed by atoms with Gasteiger partial charge in [0.25, 0.3) is 0 Å². The van der Waals surface area contributed by atoms with E-state index in [0.717, 1.165) is 37.7 Å². The number of halogens is 1. The van der Waals surface area contributed by atoms with E-state index in [0.29, 0.717) is 0 Å². The lowest BCUT2D eigenvalue weighted by molar-refractivity contribution is 0.402. The molecule has 0 radical (unpaired) electrons. The highest BCUT2D eigenvalue weighted by Gasteiger charge is 2.23. The third-order valence-corrected chi connectivity index (χ3v) is 6.19. The van der Waals surface area contributed by atoms with Crippen LogP contribution in [0.15, 0.2) is 36.5 Å². The van der Waals surface area contributed by atoms with E-state index < -0.39 is 0 Å². The van der Waals surface area contributed by atoms with Crippen LogP contribution in [0, 0.1) is 19.8 Å². The van der Waals surface area contributed by atoms with E-state index in [-0.39, 0.29) is 12.4 Å². The summed E-state index contributed by atoms with van der Waals surface area (Å²) >= 11 is 0. The molecular formula is C24H32ClN3. The Hall–Kier alpha value is -2.00. The van der Waals surface area contributed by atoms with Gasteiger partial charge in [-0.25, -0.2) is 4.98 Å². The van der Waals surface area contributed by atoms with Crippen molar-refractivity contribution in [2.24, 2.45) is 5.92 Å². The molecule has 0 bridgehead atoms. The third-order valence-electron chi connectivity index (χ3n) is 6.19. The molecule has 28 heavy (non-hydrogen) atoms. The average molecular weight is 398 g/mol. The van der Waals surface area contributed by atoms with Gasteiger partial charge in [0, 0.05) is 30.4 Å². The number of hydrogen-bond donors (Lipinski definition) is 1. The summed E-state index contributed by atoms with van der Waals surface area (Å²) in [5, 5.41) is 1.41. The molecule has 0 atom stereocenters. The number of anilines is 1. The summed E-state index contributed by atoms with van der Waals surface area (Å²) in [6.07, 6.45) is 8.07. The number of rotatable bonds is 5. The summed E-state index contributed by atoms with van der Waals surface area (Å²) in [5.74, 6) is 1.94. The number of H-pyrrole nitrogens is 1. The third kappa shape index (κ3) is 4.05. The number of piperidine rings is 1. The molecule has 4 heteroatoms. The molecule has 3 heterocycles. The Balaban J connectivity index is 0.00000225. The fourth-order valence-corrected chi connectivity index (χ4v) is 4.55. The van der Waals surface area contributed by atoms with Gasteiger partial charge in [-0.1, -0.05) is 43.7 Å². The van der Waals surface area contributed by atoms with Crippen LogP contribution >= 0.6 is 12.4 Å². The first kappa shape index (κ1) is 20.7. The highest BCUT2D eigenvalue weighted by atomic mass is 35.5. The molecule has 3 nitrogen and oxygen atoms in total. The lowest BCUT2D eigenvalue weighted by Gasteiger charge is -2.33. The zero-order valence-corrected chi connectivity index (χ0v) is 18.1. The SMILES string of the molecule is CCCc1cnc(N2CCC(Cc3ccccc3)CC2)c2[nH]c(C)c(C)c12.Cl. The van der Waals surface area contributed by atoms with E-state index in [4.69, 9.17) is 4.98 Å². The highest BCUT2D eigenvalue weighted by molar-refractivity contribution is 5.95. The van der Waals surface area contributed by atoms with Crippen molar-refractivity contribution in [2.45, 2.75) is 52.9 Å². The Morgan fingerprint density at radius 1 is 1.11 bits per heavy atom.